The van der Waals surface area contributed by atoms with Crippen molar-refractivity contribution < 1.29 is 4.42 Å². The van der Waals surface area contributed by atoms with Gasteiger partial charge in [0.25, 0.3) is 0 Å². The molecule has 12 aromatic rings. The molecule has 0 unspecified atom stereocenters. The fourth-order valence-electron chi connectivity index (χ4n) is 9.12. The maximum atomic E-state index is 6.51. The Kier molecular flexibility index (Phi) is 8.82. The quantitative estimate of drug-likeness (QED) is 0.153. The van der Waals surface area contributed by atoms with Crippen molar-refractivity contribution in [3.8, 4) is 61.8 Å². The molecular weight excluding hydrogens is 769 g/mol. The lowest BCUT2D eigenvalue weighted by Crippen LogP contribution is -2.07. The summed E-state index contributed by atoms with van der Waals surface area (Å²) in [6, 6.07) is 76.8. The summed E-state index contributed by atoms with van der Waals surface area (Å²) in [4.78, 5) is 15.4. The molecule has 5 heteroatoms. The number of para-hydroxylation sites is 2. The Labute approximate surface area is 364 Å². The van der Waals surface area contributed by atoms with Gasteiger partial charge in [0, 0.05) is 50.8 Å². The number of hydrogen-bond acceptors (Lipinski definition) is 4. The van der Waals surface area contributed by atoms with Crippen molar-refractivity contribution in [3.63, 3.8) is 0 Å². The van der Waals surface area contributed by atoms with Crippen molar-refractivity contribution in [2.45, 2.75) is 6.42 Å². The number of furan rings is 1. The van der Waals surface area contributed by atoms with Crippen molar-refractivity contribution in [2.75, 3.05) is 0 Å². The van der Waals surface area contributed by atoms with Crippen molar-refractivity contribution in [1.29, 1.82) is 0 Å². The molecule has 9 aromatic carbocycles. The van der Waals surface area contributed by atoms with E-state index in [2.05, 4.69) is 174 Å². The Morgan fingerprint density at radius 3 is 1.59 bits per heavy atom. The number of fused-ring (bicyclic) bond motifs is 6. The second-order valence-electron chi connectivity index (χ2n) is 16.0. The number of hydrogen-bond donors (Lipinski definition) is 0. The van der Waals surface area contributed by atoms with E-state index >= 15 is 0 Å². The first-order valence-electron chi connectivity index (χ1n) is 21.3. The van der Waals surface area contributed by atoms with Gasteiger partial charge in [0.2, 0.25) is 0 Å². The van der Waals surface area contributed by atoms with E-state index in [0.29, 0.717) is 23.9 Å². The van der Waals surface area contributed by atoms with Gasteiger partial charge in [-0.1, -0.05) is 176 Å². The molecule has 12 rings (SSSR count). The topological polar surface area (TPSA) is 56.7 Å². The molecule has 0 N–H and O–H groups in total. The maximum Gasteiger partial charge on any atom is 0.163 e. The maximum absolute atomic E-state index is 6.51. The highest BCUT2D eigenvalue weighted by Gasteiger charge is 2.21. The Morgan fingerprint density at radius 2 is 0.905 bits per heavy atom. The zero-order valence-electron chi connectivity index (χ0n) is 34.2. The van der Waals surface area contributed by atoms with Crippen LogP contribution in [0.4, 0.5) is 0 Å². The van der Waals surface area contributed by atoms with Crippen LogP contribution in [0, 0.1) is 0 Å². The molecule has 0 saturated heterocycles. The van der Waals surface area contributed by atoms with Gasteiger partial charge in [-0.05, 0) is 75.3 Å². The Hall–Kier alpha value is -8.41. The summed E-state index contributed by atoms with van der Waals surface area (Å²) in [6.45, 7) is 0. The SMILES string of the molecule is c1ccc(-c2nc(Cc3cc(-c4ccc(-c5ccccc5)c(-c5ccccc5)c4)ccc3-n3c4ccccc4c4cc5c(cc43)oc3ccccc35)nc(-c3ccccc3)n2)cc1. The van der Waals surface area contributed by atoms with Crippen LogP contribution in [0.3, 0.4) is 0 Å². The lowest BCUT2D eigenvalue weighted by atomic mass is 9.90. The van der Waals surface area contributed by atoms with E-state index in [9.17, 15) is 0 Å². The summed E-state index contributed by atoms with van der Waals surface area (Å²) in [7, 11) is 0. The molecule has 0 aliphatic heterocycles. The molecule has 0 atom stereocenters. The molecule has 5 nitrogen and oxygen atoms in total. The Balaban J connectivity index is 1.09. The first kappa shape index (κ1) is 36.4. The molecule has 0 aliphatic carbocycles. The van der Waals surface area contributed by atoms with Crippen LogP contribution in [-0.4, -0.2) is 19.5 Å². The molecule has 0 radical (unpaired) electrons. The number of rotatable bonds is 8. The third kappa shape index (κ3) is 6.55. The van der Waals surface area contributed by atoms with Crippen molar-refractivity contribution >= 4 is 43.7 Å². The number of benzene rings is 9. The standard InChI is InChI=1S/C58H38N4O/c1-5-17-38(18-6-1)45-31-29-43(34-48(45)39-19-7-2-8-20-39)42-30-32-51(44(33-42)35-56-59-57(40-21-9-3-10-22-40)61-58(60-56)41-23-11-4-12-24-41)62-52-27-15-13-25-46(52)49-36-50-47-26-14-16-28-54(47)63-55(50)37-53(49)62/h1-34,36-37H,35H2. The number of nitrogens with zero attached hydrogens (tertiary/aromatic N) is 4. The van der Waals surface area contributed by atoms with E-state index in [0.717, 1.165) is 66.5 Å². The fraction of sp³-hybridized carbons (Fsp3) is 0.0172. The monoisotopic (exact) mass is 806 g/mol. The second kappa shape index (κ2) is 15.2. The minimum Gasteiger partial charge on any atom is -0.456 e. The van der Waals surface area contributed by atoms with Gasteiger partial charge in [-0.3, -0.25) is 0 Å². The summed E-state index contributed by atoms with van der Waals surface area (Å²) in [6.07, 6.45) is 0.458. The average molecular weight is 807 g/mol. The van der Waals surface area contributed by atoms with E-state index in [1.54, 1.807) is 0 Å². The van der Waals surface area contributed by atoms with Gasteiger partial charge < -0.3 is 8.98 Å². The molecule has 0 saturated carbocycles. The molecule has 3 aromatic heterocycles. The Bertz CT molecular complexity index is 3580. The largest absolute Gasteiger partial charge is 0.456 e. The minimum atomic E-state index is 0.458. The molecule has 0 aliphatic rings. The van der Waals surface area contributed by atoms with Crippen molar-refractivity contribution in [1.82, 2.24) is 19.5 Å². The second-order valence-corrected chi connectivity index (χ2v) is 16.0. The Morgan fingerprint density at radius 1 is 0.349 bits per heavy atom. The molecule has 0 amide bonds. The third-order valence-corrected chi connectivity index (χ3v) is 12.1. The van der Waals surface area contributed by atoms with Gasteiger partial charge in [0.05, 0.1) is 11.0 Å². The summed E-state index contributed by atoms with van der Waals surface area (Å²) >= 11 is 0. The summed E-state index contributed by atoms with van der Waals surface area (Å²) in [5.74, 6) is 1.97. The van der Waals surface area contributed by atoms with Gasteiger partial charge in [0.15, 0.2) is 11.6 Å². The first-order valence-corrected chi connectivity index (χ1v) is 21.3. The molecule has 0 bridgehead atoms. The molecule has 296 valence electrons. The third-order valence-electron chi connectivity index (χ3n) is 12.1. The average Bonchev–Trinajstić information content (AvgIpc) is 3.88. The van der Waals surface area contributed by atoms with Crippen LogP contribution in [0.25, 0.3) is 106 Å². The van der Waals surface area contributed by atoms with Crippen LogP contribution in [-0.2, 0) is 6.42 Å². The smallest absolute Gasteiger partial charge is 0.163 e. The molecule has 63 heavy (non-hydrogen) atoms. The van der Waals surface area contributed by atoms with Crippen LogP contribution < -0.4 is 0 Å². The summed E-state index contributed by atoms with van der Waals surface area (Å²) in [5.41, 5.74) is 14.9. The van der Waals surface area contributed by atoms with Crippen molar-refractivity contribution in [3.05, 3.63) is 230 Å². The zero-order valence-corrected chi connectivity index (χ0v) is 34.2. The normalized spacial score (nSPS) is 11.6. The van der Waals surface area contributed by atoms with Crippen LogP contribution >= 0.6 is 0 Å². The highest BCUT2D eigenvalue weighted by molar-refractivity contribution is 6.17. The fourth-order valence-corrected chi connectivity index (χ4v) is 9.12. The van der Waals surface area contributed by atoms with E-state index in [1.165, 1.54) is 33.0 Å². The first-order chi connectivity index (χ1) is 31.2. The molecule has 3 heterocycles. The minimum absolute atomic E-state index is 0.458. The van der Waals surface area contributed by atoms with Crippen LogP contribution in [0.1, 0.15) is 11.4 Å². The summed E-state index contributed by atoms with van der Waals surface area (Å²) in [5, 5.41) is 4.57. The molecule has 0 fully saturated rings. The van der Waals surface area contributed by atoms with E-state index in [4.69, 9.17) is 19.4 Å². The lowest BCUT2D eigenvalue weighted by molar-refractivity contribution is 0.669. The molecular formula is C58H38N4O. The summed E-state index contributed by atoms with van der Waals surface area (Å²) < 4.78 is 8.90. The highest BCUT2D eigenvalue weighted by atomic mass is 16.3. The molecule has 0 spiro atoms. The van der Waals surface area contributed by atoms with Gasteiger partial charge >= 0.3 is 0 Å². The number of aromatic nitrogens is 4. The van der Waals surface area contributed by atoms with Crippen LogP contribution in [0.2, 0.25) is 0 Å². The van der Waals surface area contributed by atoms with E-state index in [-0.39, 0.29) is 0 Å². The van der Waals surface area contributed by atoms with Gasteiger partial charge in [-0.2, -0.15) is 0 Å². The van der Waals surface area contributed by atoms with Crippen molar-refractivity contribution in [2.24, 2.45) is 0 Å². The van der Waals surface area contributed by atoms with Gasteiger partial charge in [0.1, 0.15) is 17.0 Å². The lowest BCUT2D eigenvalue weighted by Gasteiger charge is -2.17. The highest BCUT2D eigenvalue weighted by Crippen LogP contribution is 2.41. The van der Waals surface area contributed by atoms with Crippen LogP contribution in [0.5, 0.6) is 0 Å². The van der Waals surface area contributed by atoms with Crippen LogP contribution in [0.15, 0.2) is 223 Å². The van der Waals surface area contributed by atoms with E-state index < -0.39 is 0 Å². The predicted octanol–water partition coefficient (Wildman–Crippen LogP) is 14.8. The zero-order chi connectivity index (χ0) is 41.7. The van der Waals surface area contributed by atoms with Gasteiger partial charge in [-0.25, -0.2) is 15.0 Å². The van der Waals surface area contributed by atoms with Gasteiger partial charge in [-0.15, -0.1) is 0 Å². The predicted molar refractivity (Wildman–Crippen MR) is 258 cm³/mol. The van der Waals surface area contributed by atoms with E-state index in [1.807, 2.05) is 48.5 Å².